The zero-order valence-corrected chi connectivity index (χ0v) is 23.6. The van der Waals surface area contributed by atoms with Gasteiger partial charge < -0.3 is 10.6 Å². The molecule has 0 spiro atoms. The van der Waals surface area contributed by atoms with Crippen molar-refractivity contribution in [2.75, 3.05) is 20.1 Å². The van der Waals surface area contributed by atoms with Crippen molar-refractivity contribution in [1.29, 1.82) is 0 Å². The first-order valence-corrected chi connectivity index (χ1v) is 12.9. The summed E-state index contributed by atoms with van der Waals surface area (Å²) in [5, 5.41) is 6.99. The molecule has 1 atom stereocenters. The first-order valence-electron chi connectivity index (χ1n) is 12.6. The highest BCUT2D eigenvalue weighted by Crippen LogP contribution is 2.28. The molecule has 1 aromatic rings. The maximum absolute atomic E-state index is 14.5. The minimum absolute atomic E-state index is 0.256. The van der Waals surface area contributed by atoms with Gasteiger partial charge in [0.05, 0.1) is 11.7 Å². The Morgan fingerprint density at radius 1 is 1.24 bits per heavy atom. The molecule has 8 heteroatoms. The molecule has 0 saturated heterocycles. The standard InChI is InChI=1S/C29H42ClFN6/c1-8-11-15-33-21(4)19-35-37-29(26-17-25(30)14-13-24(26)10-3)28(18-31)36-23(6)27(20-32-7)22(5)34-16-12-9-2/h9,12-14,16-18,20,29,33,35-37H,4,6,8,10-11,15,19H2,1-3,5,7H3/b12-9-,27-22-,28-18+,32-20-,34-16-. The number of hydrazine groups is 1. The highest BCUT2D eigenvalue weighted by atomic mass is 35.5. The van der Waals surface area contributed by atoms with Gasteiger partial charge in [0.15, 0.2) is 0 Å². The van der Waals surface area contributed by atoms with Crippen LogP contribution in [0.4, 0.5) is 4.39 Å². The van der Waals surface area contributed by atoms with E-state index in [9.17, 15) is 4.39 Å². The van der Waals surface area contributed by atoms with E-state index < -0.39 is 6.04 Å². The highest BCUT2D eigenvalue weighted by Gasteiger charge is 2.22. The van der Waals surface area contributed by atoms with Crippen molar-refractivity contribution in [2.45, 2.75) is 53.0 Å². The van der Waals surface area contributed by atoms with E-state index in [1.54, 1.807) is 19.5 Å². The topological polar surface area (TPSA) is 72.8 Å². The second-order valence-corrected chi connectivity index (χ2v) is 8.81. The van der Waals surface area contributed by atoms with Crippen LogP contribution in [0, 0.1) is 0 Å². The van der Waals surface area contributed by atoms with Gasteiger partial charge in [-0.3, -0.25) is 15.4 Å². The molecule has 0 aliphatic carbocycles. The Kier molecular flexibility index (Phi) is 15.8. The lowest BCUT2D eigenvalue weighted by Gasteiger charge is -2.26. The average molecular weight is 529 g/mol. The maximum atomic E-state index is 14.5. The van der Waals surface area contributed by atoms with E-state index in [-0.39, 0.29) is 5.70 Å². The first-order chi connectivity index (χ1) is 17.8. The first kappa shape index (κ1) is 32.0. The number of aryl methyl sites for hydroxylation is 1. The monoisotopic (exact) mass is 528 g/mol. The lowest BCUT2D eigenvalue weighted by molar-refractivity contribution is 0.466. The van der Waals surface area contributed by atoms with Crippen LogP contribution in [0.25, 0.3) is 0 Å². The zero-order valence-electron chi connectivity index (χ0n) is 22.8. The van der Waals surface area contributed by atoms with Gasteiger partial charge in [0.2, 0.25) is 0 Å². The number of hydrogen-bond donors (Lipinski definition) is 4. The molecule has 37 heavy (non-hydrogen) atoms. The fourth-order valence-electron chi connectivity index (χ4n) is 3.48. The van der Waals surface area contributed by atoms with Gasteiger partial charge in [-0.05, 0) is 56.0 Å². The van der Waals surface area contributed by atoms with Crippen LogP contribution in [0.3, 0.4) is 0 Å². The third kappa shape index (κ3) is 11.3. The van der Waals surface area contributed by atoms with Gasteiger partial charge in [0, 0.05) is 60.3 Å². The molecule has 0 heterocycles. The van der Waals surface area contributed by atoms with E-state index >= 15 is 0 Å². The molecular weight excluding hydrogens is 487 g/mol. The molecule has 1 unspecified atom stereocenters. The molecule has 0 aliphatic rings. The van der Waals surface area contributed by atoms with Crippen LogP contribution in [0.15, 0.2) is 88.2 Å². The summed E-state index contributed by atoms with van der Waals surface area (Å²) in [7, 11) is 1.66. The van der Waals surface area contributed by atoms with Gasteiger partial charge in [0.1, 0.15) is 6.33 Å². The normalized spacial score (nSPS) is 13.9. The molecule has 0 amide bonds. The molecule has 0 radical (unpaired) electrons. The number of benzene rings is 1. The second kappa shape index (κ2) is 18.3. The quantitative estimate of drug-likeness (QED) is 0.0808. The van der Waals surface area contributed by atoms with Crippen molar-refractivity contribution >= 4 is 24.0 Å². The molecule has 0 bridgehead atoms. The second-order valence-electron chi connectivity index (χ2n) is 8.37. The van der Waals surface area contributed by atoms with Gasteiger partial charge >= 0.3 is 0 Å². The summed E-state index contributed by atoms with van der Waals surface area (Å²) in [4.78, 5) is 8.56. The predicted molar refractivity (Wildman–Crippen MR) is 159 cm³/mol. The molecule has 1 rings (SSSR count). The van der Waals surface area contributed by atoms with Crippen LogP contribution in [0.1, 0.15) is 57.7 Å². The van der Waals surface area contributed by atoms with Crippen molar-refractivity contribution in [3.8, 4) is 0 Å². The zero-order chi connectivity index (χ0) is 27.6. The number of halogens is 2. The Hall–Kier alpha value is -3.00. The van der Waals surface area contributed by atoms with E-state index in [4.69, 9.17) is 11.6 Å². The van der Waals surface area contributed by atoms with Crippen LogP contribution in [0.5, 0.6) is 0 Å². The van der Waals surface area contributed by atoms with Gasteiger partial charge in [-0.15, -0.1) is 0 Å². The number of hydrogen-bond acceptors (Lipinski definition) is 6. The Bertz CT molecular complexity index is 1040. The molecule has 1 aromatic carbocycles. The van der Waals surface area contributed by atoms with Gasteiger partial charge in [-0.1, -0.05) is 57.2 Å². The van der Waals surface area contributed by atoms with Gasteiger partial charge in [-0.2, -0.15) is 0 Å². The van der Waals surface area contributed by atoms with Crippen molar-refractivity contribution in [2.24, 2.45) is 9.98 Å². The van der Waals surface area contributed by atoms with Gasteiger partial charge in [-0.25, -0.2) is 9.82 Å². The maximum Gasteiger partial charge on any atom is 0.108 e. The van der Waals surface area contributed by atoms with Crippen molar-refractivity contribution < 1.29 is 4.39 Å². The van der Waals surface area contributed by atoms with Crippen LogP contribution in [-0.4, -0.2) is 32.6 Å². The average Bonchev–Trinajstić information content (AvgIpc) is 2.88. The SMILES string of the molecule is C=C(CNNC(/C(=C\F)NC(=C)C(/C=N\C)=C(C)\N=C/C=C\C)c1cc(Cl)ccc1CC)NCCCC. The molecular formula is C29H42ClFN6. The van der Waals surface area contributed by atoms with E-state index in [1.807, 2.05) is 51.1 Å². The number of allylic oxidation sites excluding steroid dienone is 4. The number of aliphatic imine (C=N–C) groups is 2. The molecule has 6 nitrogen and oxygen atoms in total. The Labute approximate surface area is 227 Å². The molecule has 0 saturated carbocycles. The summed E-state index contributed by atoms with van der Waals surface area (Å²) < 4.78 is 14.5. The summed E-state index contributed by atoms with van der Waals surface area (Å²) in [5.41, 5.74) is 11.2. The van der Waals surface area contributed by atoms with Gasteiger partial charge in [0.25, 0.3) is 0 Å². The number of unbranched alkanes of at least 4 members (excludes halogenated alkanes) is 1. The van der Waals surface area contributed by atoms with Crippen molar-refractivity contribution in [3.05, 3.63) is 94.3 Å². The van der Waals surface area contributed by atoms with E-state index in [0.717, 1.165) is 42.6 Å². The summed E-state index contributed by atoms with van der Waals surface area (Å²) in [6.07, 6.45) is 10.5. The van der Waals surface area contributed by atoms with Crippen LogP contribution in [-0.2, 0) is 6.42 Å². The Morgan fingerprint density at radius 3 is 2.62 bits per heavy atom. The number of rotatable bonds is 17. The minimum Gasteiger partial charge on any atom is -0.388 e. The van der Waals surface area contributed by atoms with Crippen LogP contribution >= 0.6 is 11.6 Å². The molecule has 0 aromatic heterocycles. The van der Waals surface area contributed by atoms with E-state index in [2.05, 4.69) is 51.6 Å². The Balaban J connectivity index is 3.28. The molecule has 0 aliphatic heterocycles. The fourth-order valence-corrected chi connectivity index (χ4v) is 3.66. The summed E-state index contributed by atoms with van der Waals surface area (Å²) in [5.74, 6) is 0. The molecule has 0 fully saturated rings. The summed E-state index contributed by atoms with van der Waals surface area (Å²) >= 11 is 6.35. The Morgan fingerprint density at radius 2 is 2.00 bits per heavy atom. The third-order valence-electron chi connectivity index (χ3n) is 5.50. The summed E-state index contributed by atoms with van der Waals surface area (Å²) in [6.45, 7) is 17.5. The minimum atomic E-state index is -0.592. The van der Waals surface area contributed by atoms with Crippen molar-refractivity contribution in [1.82, 2.24) is 21.5 Å². The molecule has 202 valence electrons. The molecule has 4 N–H and O–H groups in total. The third-order valence-corrected chi connectivity index (χ3v) is 5.73. The predicted octanol–water partition coefficient (Wildman–Crippen LogP) is 6.48. The summed E-state index contributed by atoms with van der Waals surface area (Å²) in [6, 6.07) is 5.05. The van der Waals surface area contributed by atoms with Crippen LogP contribution < -0.4 is 21.5 Å². The fraction of sp³-hybridized carbons (Fsp3) is 0.379. The highest BCUT2D eigenvalue weighted by molar-refractivity contribution is 6.30. The lowest BCUT2D eigenvalue weighted by Crippen LogP contribution is -2.41. The van der Waals surface area contributed by atoms with Crippen molar-refractivity contribution in [3.63, 3.8) is 0 Å². The van der Waals surface area contributed by atoms with E-state index in [0.29, 0.717) is 34.9 Å². The number of nitrogens with zero attached hydrogens (tertiary/aromatic N) is 2. The smallest absolute Gasteiger partial charge is 0.108 e. The lowest BCUT2D eigenvalue weighted by atomic mass is 9.96. The van der Waals surface area contributed by atoms with E-state index in [1.165, 1.54) is 0 Å². The largest absolute Gasteiger partial charge is 0.388 e. The van der Waals surface area contributed by atoms with Crippen LogP contribution in [0.2, 0.25) is 5.02 Å². The number of nitrogens with one attached hydrogen (secondary N) is 4.